The van der Waals surface area contributed by atoms with Crippen molar-refractivity contribution < 1.29 is 9.21 Å². The summed E-state index contributed by atoms with van der Waals surface area (Å²) in [6, 6.07) is 12.1. The summed E-state index contributed by atoms with van der Waals surface area (Å²) in [5.41, 5.74) is 0.393. The summed E-state index contributed by atoms with van der Waals surface area (Å²) >= 11 is 0. The molecule has 0 atom stereocenters. The summed E-state index contributed by atoms with van der Waals surface area (Å²) in [4.78, 5) is 24.2. The maximum absolute atomic E-state index is 12.3. The topological polar surface area (TPSA) is 52.2 Å². The minimum atomic E-state index is -0.607. The Hall–Kier alpha value is -2.62. The highest BCUT2D eigenvalue weighted by atomic mass is 16.4. The Balaban J connectivity index is 2.20. The third-order valence-electron chi connectivity index (χ3n) is 3.06. The van der Waals surface area contributed by atoms with E-state index in [-0.39, 0.29) is 11.3 Å². The Morgan fingerprint density at radius 2 is 1.95 bits per heavy atom. The van der Waals surface area contributed by atoms with Gasteiger partial charge in [-0.05, 0) is 24.3 Å². The summed E-state index contributed by atoms with van der Waals surface area (Å²) in [6.07, 6.45) is 1.76. The molecule has 0 spiro atoms. The quantitative estimate of drug-likeness (QED) is 0.520. The molecule has 0 aliphatic rings. The minimum absolute atomic E-state index is 0.0560. The Labute approximate surface area is 108 Å². The van der Waals surface area contributed by atoms with E-state index >= 15 is 0 Å². The van der Waals surface area contributed by atoms with Crippen LogP contribution in [0.2, 0.25) is 0 Å². The number of aryl methyl sites for hydroxylation is 1. The molecule has 4 nitrogen and oxygen atoms in total. The maximum Gasteiger partial charge on any atom is 0.347 e. The summed E-state index contributed by atoms with van der Waals surface area (Å²) in [7, 11) is 1.76. The van der Waals surface area contributed by atoms with Crippen LogP contribution in [0, 0.1) is 0 Å². The van der Waals surface area contributed by atoms with Crippen LogP contribution in [0.5, 0.6) is 0 Å². The summed E-state index contributed by atoms with van der Waals surface area (Å²) in [5, 5.41) is 0.736. The van der Waals surface area contributed by atoms with E-state index in [1.54, 1.807) is 54.2 Å². The molecular formula is C15H11NO3. The maximum atomic E-state index is 12.3. The van der Waals surface area contributed by atoms with E-state index in [0.717, 1.165) is 5.39 Å². The number of hydrogen-bond acceptors (Lipinski definition) is 3. The molecule has 0 radical (unpaired) electrons. The highest BCUT2D eigenvalue weighted by Crippen LogP contribution is 2.15. The summed E-state index contributed by atoms with van der Waals surface area (Å²) in [5.74, 6) is -0.327. The number of nitrogens with zero attached hydrogens (tertiary/aromatic N) is 1. The zero-order chi connectivity index (χ0) is 13.4. The van der Waals surface area contributed by atoms with Crippen molar-refractivity contribution in [2.75, 3.05) is 0 Å². The first-order valence-electron chi connectivity index (χ1n) is 5.86. The second kappa shape index (κ2) is 4.24. The van der Waals surface area contributed by atoms with E-state index in [4.69, 9.17) is 4.42 Å². The highest BCUT2D eigenvalue weighted by Gasteiger charge is 2.17. The van der Waals surface area contributed by atoms with E-state index in [0.29, 0.717) is 11.3 Å². The van der Waals surface area contributed by atoms with Gasteiger partial charge >= 0.3 is 5.63 Å². The Morgan fingerprint density at radius 1 is 1.16 bits per heavy atom. The Kier molecular flexibility index (Phi) is 2.56. The van der Waals surface area contributed by atoms with Crippen LogP contribution in [0.15, 0.2) is 57.9 Å². The van der Waals surface area contributed by atoms with E-state index in [1.165, 1.54) is 0 Å². The molecule has 4 heteroatoms. The van der Waals surface area contributed by atoms with Crippen LogP contribution in [0.3, 0.4) is 0 Å². The third-order valence-corrected chi connectivity index (χ3v) is 3.06. The molecule has 0 aliphatic carbocycles. The largest absolute Gasteiger partial charge is 0.422 e. The van der Waals surface area contributed by atoms with Gasteiger partial charge in [0.05, 0.1) is 5.69 Å². The number of rotatable bonds is 2. The van der Waals surface area contributed by atoms with Crippen molar-refractivity contribution in [3.05, 3.63) is 70.3 Å². The van der Waals surface area contributed by atoms with Gasteiger partial charge in [0, 0.05) is 18.6 Å². The Morgan fingerprint density at radius 3 is 2.68 bits per heavy atom. The van der Waals surface area contributed by atoms with Crippen molar-refractivity contribution >= 4 is 16.8 Å². The number of benzene rings is 1. The van der Waals surface area contributed by atoms with E-state index in [9.17, 15) is 9.59 Å². The lowest BCUT2D eigenvalue weighted by molar-refractivity contribution is 0.102. The lowest BCUT2D eigenvalue weighted by atomic mass is 10.1. The average Bonchev–Trinajstić information content (AvgIpc) is 2.83. The molecule has 2 heterocycles. The number of carbonyl (C=O) groups excluding carboxylic acids is 1. The standard InChI is InChI=1S/C15H11NO3/c1-16-8-4-6-12(16)14(17)11-9-10-5-2-3-7-13(10)19-15(11)18/h2-9H,1H3. The van der Waals surface area contributed by atoms with Gasteiger partial charge in [-0.3, -0.25) is 4.79 Å². The predicted octanol–water partition coefficient (Wildman–Crippen LogP) is 2.36. The van der Waals surface area contributed by atoms with Crippen molar-refractivity contribution in [2.24, 2.45) is 7.05 Å². The molecule has 2 aromatic heterocycles. The molecule has 0 aliphatic heterocycles. The molecule has 19 heavy (non-hydrogen) atoms. The van der Waals surface area contributed by atoms with E-state index in [2.05, 4.69) is 0 Å². The van der Waals surface area contributed by atoms with Crippen molar-refractivity contribution in [3.63, 3.8) is 0 Å². The fourth-order valence-electron chi connectivity index (χ4n) is 2.06. The number of ketones is 1. The first kappa shape index (κ1) is 11.5. The number of carbonyl (C=O) groups is 1. The second-order valence-corrected chi connectivity index (χ2v) is 4.32. The lowest BCUT2D eigenvalue weighted by Gasteiger charge is -2.03. The van der Waals surface area contributed by atoms with Gasteiger partial charge in [-0.1, -0.05) is 18.2 Å². The molecule has 3 rings (SSSR count). The molecule has 3 aromatic rings. The average molecular weight is 253 g/mol. The molecule has 0 unspecified atom stereocenters. The van der Waals surface area contributed by atoms with Gasteiger partial charge in [0.25, 0.3) is 0 Å². The van der Waals surface area contributed by atoms with E-state index < -0.39 is 5.63 Å². The predicted molar refractivity (Wildman–Crippen MR) is 71.3 cm³/mol. The lowest BCUT2D eigenvalue weighted by Crippen LogP contribution is -2.16. The van der Waals surface area contributed by atoms with E-state index in [1.807, 2.05) is 6.07 Å². The van der Waals surface area contributed by atoms with Crippen LogP contribution < -0.4 is 5.63 Å². The normalized spacial score (nSPS) is 10.8. The van der Waals surface area contributed by atoms with Gasteiger partial charge in [-0.2, -0.15) is 0 Å². The monoisotopic (exact) mass is 253 g/mol. The smallest absolute Gasteiger partial charge is 0.347 e. The number of aromatic nitrogens is 1. The van der Waals surface area contributed by atoms with Crippen molar-refractivity contribution in [1.29, 1.82) is 0 Å². The summed E-state index contributed by atoms with van der Waals surface area (Å²) in [6.45, 7) is 0. The molecule has 1 aromatic carbocycles. The van der Waals surface area contributed by atoms with Gasteiger partial charge in [0.15, 0.2) is 0 Å². The number of fused-ring (bicyclic) bond motifs is 1. The Bertz CT molecular complexity index is 827. The third kappa shape index (κ3) is 1.87. The van der Waals surface area contributed by atoms with Crippen molar-refractivity contribution in [3.8, 4) is 0 Å². The summed E-state index contributed by atoms with van der Waals surface area (Å²) < 4.78 is 6.84. The van der Waals surface area contributed by atoms with Crippen LogP contribution in [0.4, 0.5) is 0 Å². The van der Waals surface area contributed by atoms with Crippen LogP contribution in [-0.2, 0) is 7.05 Å². The molecule has 0 amide bonds. The van der Waals surface area contributed by atoms with Gasteiger partial charge in [-0.15, -0.1) is 0 Å². The van der Waals surface area contributed by atoms with Crippen molar-refractivity contribution in [1.82, 2.24) is 4.57 Å². The first-order valence-corrected chi connectivity index (χ1v) is 5.86. The minimum Gasteiger partial charge on any atom is -0.422 e. The molecule has 0 saturated heterocycles. The molecule has 0 fully saturated rings. The molecule has 0 bridgehead atoms. The van der Waals surface area contributed by atoms with Gasteiger partial charge < -0.3 is 8.98 Å². The number of para-hydroxylation sites is 1. The van der Waals surface area contributed by atoms with Crippen LogP contribution in [0.25, 0.3) is 11.0 Å². The molecule has 0 N–H and O–H groups in total. The second-order valence-electron chi connectivity index (χ2n) is 4.32. The van der Waals surface area contributed by atoms with Crippen molar-refractivity contribution in [2.45, 2.75) is 0 Å². The SMILES string of the molecule is Cn1cccc1C(=O)c1cc2ccccc2oc1=O. The van der Waals surface area contributed by atoms with Crippen LogP contribution in [0.1, 0.15) is 16.1 Å². The van der Waals surface area contributed by atoms with Gasteiger partial charge in [0.1, 0.15) is 11.1 Å². The fourth-order valence-corrected chi connectivity index (χ4v) is 2.06. The number of hydrogen-bond donors (Lipinski definition) is 0. The van der Waals surface area contributed by atoms with Crippen LogP contribution >= 0.6 is 0 Å². The van der Waals surface area contributed by atoms with Gasteiger partial charge in [-0.25, -0.2) is 4.79 Å². The zero-order valence-corrected chi connectivity index (χ0v) is 10.3. The van der Waals surface area contributed by atoms with Crippen LogP contribution in [-0.4, -0.2) is 10.4 Å². The fraction of sp³-hybridized carbons (Fsp3) is 0.0667. The van der Waals surface area contributed by atoms with Gasteiger partial charge in [0.2, 0.25) is 5.78 Å². The zero-order valence-electron chi connectivity index (χ0n) is 10.3. The first-order chi connectivity index (χ1) is 9.16. The highest BCUT2D eigenvalue weighted by molar-refractivity contribution is 6.08. The molecule has 0 saturated carbocycles. The molecular weight excluding hydrogens is 242 g/mol. The molecule has 94 valence electrons.